The number of rotatable bonds is 10. The van der Waals surface area contributed by atoms with Crippen molar-refractivity contribution >= 4 is 87.7 Å². The molecule has 0 aliphatic heterocycles. The molecule has 2 saturated carbocycles. The molecule has 7 nitrogen and oxygen atoms in total. The van der Waals surface area contributed by atoms with Crippen molar-refractivity contribution in [3.8, 4) is 0 Å². The van der Waals surface area contributed by atoms with Crippen LogP contribution in [-0.4, -0.2) is 62.9 Å². The number of hydrogen-bond donors (Lipinski definition) is 0. The van der Waals surface area contributed by atoms with E-state index in [0.717, 1.165) is 0 Å². The summed E-state index contributed by atoms with van der Waals surface area (Å²) in [6.45, 7) is 6.48. The summed E-state index contributed by atoms with van der Waals surface area (Å²) in [6.07, 6.45) is -0.840. The molecule has 0 aromatic rings. The van der Waals surface area contributed by atoms with E-state index in [0.29, 0.717) is 0 Å². The van der Waals surface area contributed by atoms with E-state index >= 15 is 0 Å². The van der Waals surface area contributed by atoms with E-state index in [9.17, 15) is 14.4 Å². The molecule has 2 fully saturated rings. The zero-order valence-corrected chi connectivity index (χ0v) is 22.4. The number of carbonyl (C=O) groups excluding carboxylic acids is 3. The first kappa shape index (κ1) is 28.2. The predicted octanol–water partition coefficient (Wildman–Crippen LogP) is 5.39. The van der Waals surface area contributed by atoms with E-state index < -0.39 is 48.4 Å². The van der Waals surface area contributed by atoms with Gasteiger partial charge in [-0.15, -0.1) is 46.4 Å². The second-order valence-electron chi connectivity index (χ2n) is 8.70. The minimum absolute atomic E-state index is 0.0685. The van der Waals surface area contributed by atoms with E-state index in [1.165, 1.54) is 0 Å². The summed E-state index contributed by atoms with van der Waals surface area (Å²) in [6, 6.07) is -0.712. The van der Waals surface area contributed by atoms with Gasteiger partial charge < -0.3 is 18.9 Å². The third-order valence-electron chi connectivity index (χ3n) is 6.94. The van der Waals surface area contributed by atoms with Crippen molar-refractivity contribution in [2.45, 2.75) is 60.0 Å². The fourth-order valence-corrected chi connectivity index (χ4v) is 6.67. The Balaban J connectivity index is 1.83. The van der Waals surface area contributed by atoms with Crippen molar-refractivity contribution in [3.05, 3.63) is 0 Å². The van der Waals surface area contributed by atoms with Gasteiger partial charge in [0.1, 0.15) is 0 Å². The van der Waals surface area contributed by atoms with Crippen molar-refractivity contribution in [1.82, 2.24) is 0 Å². The molecule has 0 saturated heterocycles. The van der Waals surface area contributed by atoms with Crippen LogP contribution in [-0.2, 0) is 28.5 Å². The van der Waals surface area contributed by atoms with Crippen LogP contribution in [0.5, 0.6) is 0 Å². The van der Waals surface area contributed by atoms with Crippen molar-refractivity contribution in [1.29, 1.82) is 0 Å². The molecule has 0 spiro atoms. The average Bonchev–Trinajstić information content (AvgIpc) is 3.24. The summed E-state index contributed by atoms with van der Waals surface area (Å²) in [7, 11) is 0. The number of ether oxygens (including phenoxy) is 4. The van der Waals surface area contributed by atoms with Crippen LogP contribution in [0.25, 0.3) is 0 Å². The molecule has 0 radical (unpaired) electrons. The highest BCUT2D eigenvalue weighted by molar-refractivity contribution is 6.49. The van der Waals surface area contributed by atoms with Crippen molar-refractivity contribution in [3.63, 3.8) is 0 Å². The van der Waals surface area contributed by atoms with E-state index in [2.05, 4.69) is 0 Å². The largest absolute Gasteiger partial charge is 0.508 e. The molecule has 2 aliphatic rings. The van der Waals surface area contributed by atoms with E-state index in [4.69, 9.17) is 88.6 Å². The van der Waals surface area contributed by atoms with Gasteiger partial charge in [-0.1, -0.05) is 50.9 Å². The monoisotopic (exact) mass is 574 g/mol. The molecule has 4 atom stereocenters. The molecule has 0 amide bonds. The first-order chi connectivity index (χ1) is 14.6. The lowest BCUT2D eigenvalue weighted by molar-refractivity contribution is -0.143. The van der Waals surface area contributed by atoms with Crippen molar-refractivity contribution in [2.24, 2.45) is 10.8 Å². The molecule has 2 rings (SSSR count). The van der Waals surface area contributed by atoms with E-state index in [1.54, 1.807) is 27.7 Å². The highest BCUT2D eigenvalue weighted by atomic mass is 35.5. The van der Waals surface area contributed by atoms with E-state index in [1.807, 2.05) is 0 Å². The molecule has 184 valence electrons. The molecule has 0 heterocycles. The summed E-state index contributed by atoms with van der Waals surface area (Å²) in [5.74, 6) is -1.48. The molecule has 0 bridgehead atoms. The van der Waals surface area contributed by atoms with Gasteiger partial charge in [0.25, 0.3) is 0 Å². The molecule has 0 aromatic carbocycles. The molecule has 0 aromatic heterocycles. The summed E-state index contributed by atoms with van der Waals surface area (Å²) in [5.41, 5.74) is -1.66. The number of carbonyl (C=O) groups is 3. The molecule has 4 unspecified atom stereocenters. The van der Waals surface area contributed by atoms with Gasteiger partial charge in [-0.05, 0) is 0 Å². The lowest BCUT2D eigenvalue weighted by atomic mass is 10.1. The number of esters is 2. The maximum absolute atomic E-state index is 12.2. The first-order valence-corrected chi connectivity index (χ1v) is 12.2. The van der Waals surface area contributed by atoms with Crippen LogP contribution in [0.3, 0.4) is 0 Å². The van der Waals surface area contributed by atoms with Crippen molar-refractivity contribution in [2.75, 3.05) is 25.3 Å². The maximum Gasteiger partial charge on any atom is 0.508 e. The topological polar surface area (TPSA) is 88.1 Å². The van der Waals surface area contributed by atoms with Crippen LogP contribution in [0, 0.1) is 10.8 Å². The average molecular weight is 577 g/mol. The lowest BCUT2D eigenvalue weighted by Gasteiger charge is -2.15. The van der Waals surface area contributed by atoms with Crippen molar-refractivity contribution < 1.29 is 33.3 Å². The first-order valence-electron chi connectivity index (χ1n) is 9.58. The minimum Gasteiger partial charge on any atom is -0.448 e. The Hall–Kier alpha value is -0.0500. The van der Waals surface area contributed by atoms with E-state index in [-0.39, 0.29) is 38.2 Å². The van der Waals surface area contributed by atoms with Crippen LogP contribution in [0.1, 0.15) is 40.5 Å². The zero-order valence-electron chi connectivity index (χ0n) is 17.9. The Morgan fingerprint density at radius 3 is 1.22 bits per heavy atom. The second-order valence-corrected chi connectivity index (χ2v) is 11.6. The highest BCUT2D eigenvalue weighted by Gasteiger charge is 2.87. The van der Waals surface area contributed by atoms with Crippen LogP contribution in [0.4, 0.5) is 4.79 Å². The maximum atomic E-state index is 12.2. The molecule has 13 heteroatoms. The van der Waals surface area contributed by atoms with Crippen LogP contribution in [0.15, 0.2) is 0 Å². The van der Waals surface area contributed by atoms with Crippen LogP contribution < -0.4 is 0 Å². The minimum atomic E-state index is -1.51. The van der Waals surface area contributed by atoms with Gasteiger partial charge in [-0.2, -0.15) is 0 Å². The van der Waals surface area contributed by atoms with Gasteiger partial charge in [0.2, 0.25) is 0 Å². The summed E-state index contributed by atoms with van der Waals surface area (Å²) in [5, 5.41) is 0. The molecule has 2 aliphatic carbocycles. The summed E-state index contributed by atoms with van der Waals surface area (Å²) in [4.78, 5) is 30.9. The summed E-state index contributed by atoms with van der Waals surface area (Å²) >= 11 is 36.8. The standard InChI is InChI=1S/C19H24Cl6O7/c1-14(2)16(22,18(14,24)11(26)31-9-20)5-7-29-13(28)30-8-6-17(23)15(3,4)19(17,25)12(27)32-10-21/h5-10H2,1-4H3. The molecular formula is C19H24Cl6O7. The molecular weight excluding hydrogens is 553 g/mol. The highest BCUT2D eigenvalue weighted by Crippen LogP contribution is 2.75. The third-order valence-corrected chi connectivity index (χ3v) is 11.1. The Morgan fingerprint density at radius 1 is 0.625 bits per heavy atom. The van der Waals surface area contributed by atoms with Gasteiger partial charge in [0.05, 0.1) is 23.0 Å². The normalized spacial score (nSPS) is 36.1. The van der Waals surface area contributed by atoms with Gasteiger partial charge in [-0.3, -0.25) is 9.59 Å². The fraction of sp³-hybridized carbons (Fsp3) is 0.842. The SMILES string of the molecule is CC1(C)C(Cl)(CCOC(=O)OCCC2(Cl)C(C)(C)C2(Cl)C(=O)OCCl)C1(Cl)C(=O)OCCl. The number of alkyl halides is 6. The van der Waals surface area contributed by atoms with Gasteiger partial charge >= 0.3 is 18.1 Å². The smallest absolute Gasteiger partial charge is 0.448 e. The second kappa shape index (κ2) is 9.19. The third kappa shape index (κ3) is 3.74. The summed E-state index contributed by atoms with van der Waals surface area (Å²) < 4.78 is 19.7. The lowest BCUT2D eigenvalue weighted by Crippen LogP contribution is -2.29. The molecule has 32 heavy (non-hydrogen) atoms. The predicted molar refractivity (Wildman–Crippen MR) is 122 cm³/mol. The Labute approximate surface area is 216 Å². The van der Waals surface area contributed by atoms with Gasteiger partial charge in [0.15, 0.2) is 21.9 Å². The van der Waals surface area contributed by atoms with Crippen LogP contribution in [0.2, 0.25) is 0 Å². The number of hydrogen-bond acceptors (Lipinski definition) is 7. The fourth-order valence-electron chi connectivity index (χ4n) is 4.41. The Morgan fingerprint density at radius 2 is 0.938 bits per heavy atom. The Kier molecular flexibility index (Phi) is 8.10. The molecule has 0 N–H and O–H groups in total. The zero-order chi connectivity index (χ0) is 24.8. The van der Waals surface area contributed by atoms with Gasteiger partial charge in [0, 0.05) is 23.7 Å². The quantitative estimate of drug-likeness (QED) is 0.196. The number of halogens is 6. The Bertz CT molecular complexity index is 730. The van der Waals surface area contributed by atoms with Crippen LogP contribution >= 0.6 is 69.6 Å². The van der Waals surface area contributed by atoms with Gasteiger partial charge in [-0.25, -0.2) is 4.79 Å².